The Bertz CT molecular complexity index is 341. The molecule has 1 amide bonds. The molecule has 4 nitrogen and oxygen atoms in total. The molecule has 1 atom stereocenters. The van der Waals surface area contributed by atoms with E-state index in [1.54, 1.807) is 0 Å². The van der Waals surface area contributed by atoms with Crippen molar-refractivity contribution in [3.8, 4) is 0 Å². The second kappa shape index (κ2) is 7.22. The molecular weight excluding hydrogens is 238 g/mol. The highest BCUT2D eigenvalue weighted by Crippen LogP contribution is 2.17. The summed E-state index contributed by atoms with van der Waals surface area (Å²) in [6, 6.07) is 0. The first-order valence-corrected chi connectivity index (χ1v) is 6.29. The van der Waals surface area contributed by atoms with Crippen LogP contribution in [0.3, 0.4) is 0 Å². The minimum Gasteiger partial charge on any atom is -0.350 e. The van der Waals surface area contributed by atoms with Gasteiger partial charge in [-0.05, 0) is 5.92 Å². The van der Waals surface area contributed by atoms with E-state index in [1.807, 2.05) is 0 Å². The van der Waals surface area contributed by atoms with Gasteiger partial charge < -0.3 is 5.32 Å². The molecule has 5 heteroatoms. The highest BCUT2D eigenvalue weighted by Gasteiger charge is 2.16. The molecule has 17 heavy (non-hydrogen) atoms. The third kappa shape index (κ3) is 4.30. The minimum absolute atomic E-state index is 0.0291. The SMILES string of the molecule is CCC(CC)C(Cl)CNC(=O)c1cncnc1. The van der Waals surface area contributed by atoms with Crippen LogP contribution in [0.25, 0.3) is 0 Å². The molecule has 0 radical (unpaired) electrons. The number of carbonyl (C=O) groups is 1. The summed E-state index contributed by atoms with van der Waals surface area (Å²) < 4.78 is 0. The zero-order chi connectivity index (χ0) is 12.7. The molecule has 0 spiro atoms. The fourth-order valence-corrected chi connectivity index (χ4v) is 2.11. The Labute approximate surface area is 107 Å². The molecule has 1 unspecified atom stereocenters. The topological polar surface area (TPSA) is 54.9 Å². The van der Waals surface area contributed by atoms with E-state index >= 15 is 0 Å². The summed E-state index contributed by atoms with van der Waals surface area (Å²) in [5.41, 5.74) is 0.459. The third-order valence-corrected chi connectivity index (χ3v) is 3.35. The van der Waals surface area contributed by atoms with E-state index in [0.29, 0.717) is 18.0 Å². The maximum absolute atomic E-state index is 11.7. The van der Waals surface area contributed by atoms with Crippen molar-refractivity contribution in [1.82, 2.24) is 15.3 Å². The summed E-state index contributed by atoms with van der Waals surface area (Å²) >= 11 is 6.23. The number of aromatic nitrogens is 2. The van der Waals surface area contributed by atoms with Gasteiger partial charge in [0.1, 0.15) is 6.33 Å². The van der Waals surface area contributed by atoms with Gasteiger partial charge in [0.05, 0.1) is 10.9 Å². The average molecular weight is 256 g/mol. The lowest BCUT2D eigenvalue weighted by Crippen LogP contribution is -2.33. The number of hydrogen-bond donors (Lipinski definition) is 1. The van der Waals surface area contributed by atoms with E-state index in [9.17, 15) is 4.79 Å². The van der Waals surface area contributed by atoms with Gasteiger partial charge in [-0.25, -0.2) is 9.97 Å². The van der Waals surface area contributed by atoms with Gasteiger partial charge in [0, 0.05) is 18.9 Å². The molecular formula is C12H18ClN3O. The van der Waals surface area contributed by atoms with Crippen LogP contribution in [0.15, 0.2) is 18.7 Å². The number of nitrogens with one attached hydrogen (secondary N) is 1. The molecule has 1 rings (SSSR count). The van der Waals surface area contributed by atoms with E-state index in [1.165, 1.54) is 18.7 Å². The highest BCUT2D eigenvalue weighted by atomic mass is 35.5. The average Bonchev–Trinajstić information content (AvgIpc) is 2.38. The molecule has 0 bridgehead atoms. The third-order valence-electron chi connectivity index (χ3n) is 2.84. The molecule has 1 aromatic heterocycles. The molecule has 0 aliphatic carbocycles. The van der Waals surface area contributed by atoms with Crippen LogP contribution >= 0.6 is 11.6 Å². The van der Waals surface area contributed by atoms with Crippen molar-refractivity contribution >= 4 is 17.5 Å². The summed E-state index contributed by atoms with van der Waals surface area (Å²) in [5.74, 6) is 0.256. The lowest BCUT2D eigenvalue weighted by molar-refractivity contribution is 0.0951. The van der Waals surface area contributed by atoms with Gasteiger partial charge in [-0.15, -0.1) is 11.6 Å². The van der Waals surface area contributed by atoms with Gasteiger partial charge in [0.25, 0.3) is 5.91 Å². The molecule has 1 heterocycles. The normalized spacial score (nSPS) is 12.5. The van der Waals surface area contributed by atoms with Crippen LogP contribution in [0.1, 0.15) is 37.0 Å². The summed E-state index contributed by atoms with van der Waals surface area (Å²) in [7, 11) is 0. The first-order valence-electron chi connectivity index (χ1n) is 5.86. The Hall–Kier alpha value is -1.16. The number of carbonyl (C=O) groups excluding carboxylic acids is 1. The summed E-state index contributed by atoms with van der Waals surface area (Å²) in [4.78, 5) is 19.3. The van der Waals surface area contributed by atoms with Gasteiger partial charge in [-0.3, -0.25) is 4.79 Å². The summed E-state index contributed by atoms with van der Waals surface area (Å²) in [6.07, 6.45) is 6.42. The Morgan fingerprint density at radius 2 is 1.94 bits per heavy atom. The zero-order valence-corrected chi connectivity index (χ0v) is 10.9. The quantitative estimate of drug-likeness (QED) is 0.794. The van der Waals surface area contributed by atoms with E-state index in [4.69, 9.17) is 11.6 Å². The fraction of sp³-hybridized carbons (Fsp3) is 0.583. The van der Waals surface area contributed by atoms with Crippen molar-refractivity contribution in [1.29, 1.82) is 0 Å². The van der Waals surface area contributed by atoms with Crippen LogP contribution in [0.4, 0.5) is 0 Å². The van der Waals surface area contributed by atoms with Gasteiger partial charge >= 0.3 is 0 Å². The van der Waals surface area contributed by atoms with Crippen LogP contribution in [0.2, 0.25) is 0 Å². The molecule has 0 aliphatic heterocycles. The number of halogens is 1. The maximum Gasteiger partial charge on any atom is 0.254 e. The van der Waals surface area contributed by atoms with Crippen molar-refractivity contribution in [3.05, 3.63) is 24.3 Å². The van der Waals surface area contributed by atoms with Crippen LogP contribution in [-0.4, -0.2) is 27.8 Å². The van der Waals surface area contributed by atoms with Gasteiger partial charge in [0.15, 0.2) is 0 Å². The standard InChI is InChI=1S/C12H18ClN3O/c1-3-9(4-2)11(13)7-16-12(17)10-5-14-8-15-6-10/h5-6,8-9,11H,3-4,7H2,1-2H3,(H,16,17). The number of alkyl halides is 1. The lowest BCUT2D eigenvalue weighted by atomic mass is 9.99. The first-order chi connectivity index (χ1) is 8.19. The smallest absolute Gasteiger partial charge is 0.254 e. The molecule has 0 aliphatic rings. The van der Waals surface area contributed by atoms with Gasteiger partial charge in [-0.1, -0.05) is 26.7 Å². The predicted molar refractivity (Wildman–Crippen MR) is 68.1 cm³/mol. The summed E-state index contributed by atoms with van der Waals surface area (Å²) in [5, 5.41) is 2.77. The van der Waals surface area contributed by atoms with Crippen LogP contribution < -0.4 is 5.32 Å². The van der Waals surface area contributed by atoms with Crippen molar-refractivity contribution in [2.45, 2.75) is 32.1 Å². The first kappa shape index (κ1) is 13.9. The van der Waals surface area contributed by atoms with Gasteiger partial charge in [0.2, 0.25) is 0 Å². The van der Waals surface area contributed by atoms with Crippen molar-refractivity contribution in [2.24, 2.45) is 5.92 Å². The molecule has 0 aromatic carbocycles. The number of nitrogens with zero attached hydrogens (tertiary/aromatic N) is 2. The number of amides is 1. The summed E-state index contributed by atoms with van der Waals surface area (Å²) in [6.45, 7) is 4.69. The fourth-order valence-electron chi connectivity index (χ4n) is 1.68. The van der Waals surface area contributed by atoms with Crippen molar-refractivity contribution < 1.29 is 4.79 Å². The van der Waals surface area contributed by atoms with E-state index in [-0.39, 0.29) is 11.3 Å². The van der Waals surface area contributed by atoms with Crippen molar-refractivity contribution in [3.63, 3.8) is 0 Å². The molecule has 0 saturated carbocycles. The largest absolute Gasteiger partial charge is 0.350 e. The zero-order valence-electron chi connectivity index (χ0n) is 10.2. The molecule has 1 aromatic rings. The van der Waals surface area contributed by atoms with E-state index in [0.717, 1.165) is 12.8 Å². The van der Waals surface area contributed by atoms with Crippen LogP contribution in [0.5, 0.6) is 0 Å². The predicted octanol–water partition coefficient (Wildman–Crippen LogP) is 2.25. The molecule has 0 fully saturated rings. The maximum atomic E-state index is 11.7. The second-order valence-corrected chi connectivity index (χ2v) is 4.49. The molecule has 94 valence electrons. The Morgan fingerprint density at radius 1 is 1.35 bits per heavy atom. The molecule has 1 N–H and O–H groups in total. The monoisotopic (exact) mass is 255 g/mol. The highest BCUT2D eigenvalue weighted by molar-refractivity contribution is 6.21. The minimum atomic E-state index is -0.179. The lowest BCUT2D eigenvalue weighted by Gasteiger charge is -2.19. The molecule has 0 saturated heterocycles. The van der Waals surface area contributed by atoms with Crippen LogP contribution in [-0.2, 0) is 0 Å². The van der Waals surface area contributed by atoms with E-state index in [2.05, 4.69) is 29.1 Å². The Morgan fingerprint density at radius 3 is 2.47 bits per heavy atom. The number of rotatable bonds is 6. The van der Waals surface area contributed by atoms with Crippen molar-refractivity contribution in [2.75, 3.05) is 6.54 Å². The number of hydrogen-bond acceptors (Lipinski definition) is 3. The van der Waals surface area contributed by atoms with Gasteiger partial charge in [-0.2, -0.15) is 0 Å². The van der Waals surface area contributed by atoms with E-state index < -0.39 is 0 Å². The second-order valence-electron chi connectivity index (χ2n) is 3.93. The Balaban J connectivity index is 2.43. The van der Waals surface area contributed by atoms with Crippen LogP contribution in [0, 0.1) is 5.92 Å². The Kier molecular flexibility index (Phi) is 5.91.